The number of hydrogen-bond donors (Lipinski definition) is 1. The zero-order valence-electron chi connectivity index (χ0n) is 10.7. The van der Waals surface area contributed by atoms with E-state index in [9.17, 15) is 4.79 Å². The third-order valence-corrected chi connectivity index (χ3v) is 4.98. The van der Waals surface area contributed by atoms with E-state index < -0.39 is 0 Å². The summed E-state index contributed by atoms with van der Waals surface area (Å²) in [6.07, 6.45) is 6.39. The summed E-state index contributed by atoms with van der Waals surface area (Å²) in [6, 6.07) is 0.639. The van der Waals surface area contributed by atoms with Gasteiger partial charge in [0.1, 0.15) is 0 Å². The molecule has 3 fully saturated rings. The Labute approximate surface area is 103 Å². The fraction of sp³-hybridized carbons (Fsp3) is 0.929. The van der Waals surface area contributed by atoms with Crippen molar-refractivity contribution in [1.29, 1.82) is 0 Å². The van der Waals surface area contributed by atoms with Crippen LogP contribution in [-0.2, 0) is 9.53 Å². The Balaban J connectivity index is 1.35. The molecule has 3 aliphatic carbocycles. The lowest BCUT2D eigenvalue weighted by Gasteiger charge is -2.10. The van der Waals surface area contributed by atoms with Gasteiger partial charge in [0.25, 0.3) is 0 Å². The summed E-state index contributed by atoms with van der Waals surface area (Å²) in [5.74, 6) is 3.67. The monoisotopic (exact) mass is 237 g/mol. The van der Waals surface area contributed by atoms with E-state index in [1.165, 1.54) is 19.3 Å². The molecule has 4 unspecified atom stereocenters. The first-order chi connectivity index (χ1) is 8.31. The fourth-order valence-corrected chi connectivity index (χ4v) is 4.18. The van der Waals surface area contributed by atoms with Gasteiger partial charge in [-0.05, 0) is 49.4 Å². The lowest BCUT2D eigenvalue weighted by Crippen LogP contribution is -2.30. The molecule has 3 heteroatoms. The van der Waals surface area contributed by atoms with Crippen LogP contribution in [0.4, 0.5) is 0 Å². The maximum atomic E-state index is 11.5. The quantitative estimate of drug-likeness (QED) is 0.567. The van der Waals surface area contributed by atoms with Crippen molar-refractivity contribution in [2.24, 2.45) is 23.7 Å². The molecule has 0 spiro atoms. The van der Waals surface area contributed by atoms with Crippen LogP contribution in [0, 0.1) is 23.7 Å². The molecule has 96 valence electrons. The van der Waals surface area contributed by atoms with Crippen LogP contribution < -0.4 is 5.32 Å². The highest BCUT2D eigenvalue weighted by Crippen LogP contribution is 2.65. The SMILES string of the molecule is CCCCOC(=O)CNC1C2C3CCC(C3)C12. The highest BCUT2D eigenvalue weighted by Gasteiger charge is 2.64. The number of hydrogen-bond acceptors (Lipinski definition) is 3. The first-order valence-corrected chi connectivity index (χ1v) is 7.20. The third-order valence-electron chi connectivity index (χ3n) is 4.98. The zero-order valence-corrected chi connectivity index (χ0v) is 10.7. The molecular formula is C14H23NO2. The number of unbranched alkanes of at least 4 members (excludes halogenated alkanes) is 1. The fourth-order valence-electron chi connectivity index (χ4n) is 4.18. The normalized spacial score (nSPS) is 41.4. The third kappa shape index (κ3) is 2.10. The Bertz CT molecular complexity index is 289. The second-order valence-electron chi connectivity index (χ2n) is 5.97. The lowest BCUT2D eigenvalue weighted by atomic mass is 10.0. The van der Waals surface area contributed by atoms with Gasteiger partial charge >= 0.3 is 5.97 Å². The van der Waals surface area contributed by atoms with Gasteiger partial charge < -0.3 is 10.1 Å². The van der Waals surface area contributed by atoms with Crippen LogP contribution in [0.25, 0.3) is 0 Å². The smallest absolute Gasteiger partial charge is 0.319 e. The maximum absolute atomic E-state index is 11.5. The van der Waals surface area contributed by atoms with Gasteiger partial charge in [0.2, 0.25) is 0 Å². The molecule has 0 radical (unpaired) electrons. The van der Waals surface area contributed by atoms with Crippen LogP contribution in [0.3, 0.4) is 0 Å². The largest absolute Gasteiger partial charge is 0.465 e. The van der Waals surface area contributed by atoms with E-state index in [-0.39, 0.29) is 5.97 Å². The molecular weight excluding hydrogens is 214 g/mol. The molecule has 0 aromatic carbocycles. The predicted molar refractivity (Wildman–Crippen MR) is 65.5 cm³/mol. The van der Waals surface area contributed by atoms with Crippen molar-refractivity contribution < 1.29 is 9.53 Å². The molecule has 17 heavy (non-hydrogen) atoms. The molecule has 3 aliphatic rings. The molecule has 3 saturated carbocycles. The molecule has 0 aromatic heterocycles. The van der Waals surface area contributed by atoms with Gasteiger partial charge in [-0.2, -0.15) is 0 Å². The van der Waals surface area contributed by atoms with E-state index in [1.54, 1.807) is 0 Å². The number of carbonyl (C=O) groups excluding carboxylic acids is 1. The first-order valence-electron chi connectivity index (χ1n) is 7.20. The zero-order chi connectivity index (χ0) is 11.8. The van der Waals surface area contributed by atoms with Crippen molar-refractivity contribution in [2.75, 3.05) is 13.2 Å². The number of rotatable bonds is 6. The van der Waals surface area contributed by atoms with Gasteiger partial charge in [0.15, 0.2) is 0 Å². The van der Waals surface area contributed by atoms with Crippen LogP contribution in [0.15, 0.2) is 0 Å². The van der Waals surface area contributed by atoms with Crippen molar-refractivity contribution in [1.82, 2.24) is 5.32 Å². The minimum atomic E-state index is -0.0734. The molecule has 2 bridgehead atoms. The van der Waals surface area contributed by atoms with Crippen molar-refractivity contribution in [2.45, 2.75) is 45.1 Å². The summed E-state index contributed by atoms with van der Waals surface area (Å²) < 4.78 is 5.15. The molecule has 0 saturated heterocycles. The Morgan fingerprint density at radius 2 is 2.00 bits per heavy atom. The maximum Gasteiger partial charge on any atom is 0.319 e. The summed E-state index contributed by atoms with van der Waals surface area (Å²) in [5, 5.41) is 3.41. The van der Waals surface area contributed by atoms with Gasteiger partial charge in [0.05, 0.1) is 13.2 Å². The second-order valence-corrected chi connectivity index (χ2v) is 5.97. The van der Waals surface area contributed by atoms with Gasteiger partial charge in [-0.1, -0.05) is 13.3 Å². The molecule has 0 heterocycles. The number of ether oxygens (including phenoxy) is 1. The molecule has 3 nitrogen and oxygen atoms in total. The predicted octanol–water partition coefficient (Wildman–Crippen LogP) is 1.96. The summed E-state index contributed by atoms with van der Waals surface area (Å²) in [4.78, 5) is 11.5. The Kier molecular flexibility index (Phi) is 3.12. The topological polar surface area (TPSA) is 38.3 Å². The van der Waals surface area contributed by atoms with E-state index in [2.05, 4.69) is 12.2 Å². The summed E-state index contributed by atoms with van der Waals surface area (Å²) >= 11 is 0. The van der Waals surface area contributed by atoms with E-state index >= 15 is 0 Å². The molecule has 1 N–H and O–H groups in total. The highest BCUT2D eigenvalue weighted by atomic mass is 16.5. The average Bonchev–Trinajstić information content (AvgIpc) is 2.71. The Hall–Kier alpha value is -0.570. The Morgan fingerprint density at radius 3 is 2.65 bits per heavy atom. The van der Waals surface area contributed by atoms with Gasteiger partial charge in [-0.15, -0.1) is 0 Å². The molecule has 3 rings (SSSR count). The number of nitrogens with one attached hydrogen (secondary N) is 1. The van der Waals surface area contributed by atoms with Gasteiger partial charge in [-0.3, -0.25) is 4.79 Å². The van der Waals surface area contributed by atoms with Crippen LogP contribution in [-0.4, -0.2) is 25.2 Å². The molecule has 0 aromatic rings. The summed E-state index contributed by atoms with van der Waals surface area (Å²) in [5.41, 5.74) is 0. The van der Waals surface area contributed by atoms with E-state index in [1.807, 2.05) is 0 Å². The van der Waals surface area contributed by atoms with Crippen LogP contribution in [0.2, 0.25) is 0 Å². The van der Waals surface area contributed by atoms with E-state index in [4.69, 9.17) is 4.74 Å². The molecule has 0 aliphatic heterocycles. The minimum absolute atomic E-state index is 0.0734. The van der Waals surface area contributed by atoms with Crippen LogP contribution in [0.5, 0.6) is 0 Å². The van der Waals surface area contributed by atoms with Crippen molar-refractivity contribution in [3.63, 3.8) is 0 Å². The number of fused-ring (bicyclic) bond motifs is 5. The minimum Gasteiger partial charge on any atom is -0.465 e. The highest BCUT2D eigenvalue weighted by molar-refractivity contribution is 5.71. The number of carbonyl (C=O) groups is 1. The second kappa shape index (κ2) is 4.60. The van der Waals surface area contributed by atoms with E-state index in [0.717, 1.165) is 36.5 Å². The average molecular weight is 237 g/mol. The lowest BCUT2D eigenvalue weighted by molar-refractivity contribution is -0.142. The van der Waals surface area contributed by atoms with E-state index in [0.29, 0.717) is 19.2 Å². The van der Waals surface area contributed by atoms with Crippen LogP contribution in [0.1, 0.15) is 39.0 Å². The number of esters is 1. The van der Waals surface area contributed by atoms with Crippen LogP contribution >= 0.6 is 0 Å². The summed E-state index contributed by atoms with van der Waals surface area (Å²) in [6.45, 7) is 3.11. The summed E-state index contributed by atoms with van der Waals surface area (Å²) in [7, 11) is 0. The first kappa shape index (κ1) is 11.5. The van der Waals surface area contributed by atoms with Crippen molar-refractivity contribution in [3.8, 4) is 0 Å². The van der Waals surface area contributed by atoms with Crippen molar-refractivity contribution >= 4 is 5.97 Å². The molecule has 4 atom stereocenters. The molecule has 0 amide bonds. The van der Waals surface area contributed by atoms with Gasteiger partial charge in [-0.25, -0.2) is 0 Å². The Morgan fingerprint density at radius 1 is 1.29 bits per heavy atom. The van der Waals surface area contributed by atoms with Gasteiger partial charge in [0, 0.05) is 6.04 Å². The van der Waals surface area contributed by atoms with Crippen molar-refractivity contribution in [3.05, 3.63) is 0 Å². The standard InChI is InChI=1S/C14H23NO2/c1-2-3-6-17-11(16)8-15-14-12-9-4-5-10(7-9)13(12)14/h9-10,12-15H,2-8H2,1H3.